The Morgan fingerprint density at radius 2 is 2.29 bits per heavy atom. The number of carbonyl (C=O) groups excluding carboxylic acids is 1. The molecule has 5 heteroatoms. The van der Waals surface area contributed by atoms with E-state index in [2.05, 4.69) is 4.90 Å². The van der Waals surface area contributed by atoms with Crippen molar-refractivity contribution >= 4 is 5.91 Å². The molecular weight excluding hydrogens is 271 g/mol. The van der Waals surface area contributed by atoms with E-state index in [-0.39, 0.29) is 5.82 Å². The van der Waals surface area contributed by atoms with E-state index in [4.69, 9.17) is 10.2 Å². The van der Waals surface area contributed by atoms with Crippen molar-refractivity contribution in [1.29, 1.82) is 0 Å². The molecule has 1 amide bonds. The molecule has 1 aromatic heterocycles. The Balaban J connectivity index is 1.82. The summed E-state index contributed by atoms with van der Waals surface area (Å²) in [4.78, 5) is 13.7. The van der Waals surface area contributed by atoms with Crippen molar-refractivity contribution in [2.45, 2.75) is 26.4 Å². The average Bonchev–Trinajstić information content (AvgIpc) is 2.74. The van der Waals surface area contributed by atoms with Crippen LogP contribution in [0.15, 0.2) is 28.7 Å². The Kier molecular flexibility index (Phi) is 3.51. The van der Waals surface area contributed by atoms with E-state index < -0.39 is 5.91 Å². The van der Waals surface area contributed by atoms with Crippen LogP contribution in [0, 0.1) is 12.7 Å². The molecule has 1 aromatic carbocycles. The van der Waals surface area contributed by atoms with Crippen LogP contribution in [0.3, 0.4) is 0 Å². The van der Waals surface area contributed by atoms with E-state index in [1.54, 1.807) is 13.0 Å². The molecule has 0 radical (unpaired) electrons. The summed E-state index contributed by atoms with van der Waals surface area (Å²) in [5.41, 5.74) is 7.72. The normalized spacial score (nSPS) is 15.0. The lowest BCUT2D eigenvalue weighted by Gasteiger charge is -2.26. The quantitative estimate of drug-likeness (QED) is 0.943. The molecular formula is C16H17FN2O2. The van der Waals surface area contributed by atoms with E-state index in [1.165, 1.54) is 12.1 Å². The SMILES string of the molecule is Cc1oc2c(c1C(N)=O)CN(Cc1cccc(F)c1)CC2. The van der Waals surface area contributed by atoms with Gasteiger partial charge in [-0.1, -0.05) is 12.1 Å². The summed E-state index contributed by atoms with van der Waals surface area (Å²) in [5.74, 6) is 0.740. The summed E-state index contributed by atoms with van der Waals surface area (Å²) < 4.78 is 18.9. The molecule has 1 aliphatic heterocycles. The molecule has 21 heavy (non-hydrogen) atoms. The number of nitrogens with two attached hydrogens (primary N) is 1. The number of hydrogen-bond acceptors (Lipinski definition) is 3. The van der Waals surface area contributed by atoms with E-state index in [9.17, 15) is 9.18 Å². The van der Waals surface area contributed by atoms with Crippen LogP contribution in [0.25, 0.3) is 0 Å². The highest BCUT2D eigenvalue weighted by Crippen LogP contribution is 2.28. The summed E-state index contributed by atoms with van der Waals surface area (Å²) in [7, 11) is 0. The van der Waals surface area contributed by atoms with Crippen molar-refractivity contribution < 1.29 is 13.6 Å². The molecule has 4 nitrogen and oxygen atoms in total. The molecule has 2 heterocycles. The number of nitrogens with zero attached hydrogens (tertiary/aromatic N) is 1. The third kappa shape index (κ3) is 2.69. The van der Waals surface area contributed by atoms with Gasteiger partial charge in [0.25, 0.3) is 5.91 Å². The second-order valence-corrected chi connectivity index (χ2v) is 5.39. The lowest BCUT2D eigenvalue weighted by Crippen LogP contribution is -2.30. The summed E-state index contributed by atoms with van der Waals surface area (Å²) in [6.07, 6.45) is 0.735. The average molecular weight is 288 g/mol. The number of benzene rings is 1. The number of primary amides is 1. The molecule has 2 aromatic rings. The van der Waals surface area contributed by atoms with E-state index in [0.29, 0.717) is 24.4 Å². The van der Waals surface area contributed by atoms with Gasteiger partial charge in [-0.2, -0.15) is 0 Å². The zero-order valence-corrected chi connectivity index (χ0v) is 11.9. The Labute approximate surface area is 122 Å². The first-order valence-electron chi connectivity index (χ1n) is 6.92. The minimum absolute atomic E-state index is 0.234. The second kappa shape index (κ2) is 5.33. The Bertz CT molecular complexity index is 694. The maximum atomic E-state index is 13.2. The molecule has 2 N–H and O–H groups in total. The zero-order valence-electron chi connectivity index (χ0n) is 11.9. The number of hydrogen-bond donors (Lipinski definition) is 1. The highest BCUT2D eigenvalue weighted by molar-refractivity contribution is 5.95. The van der Waals surface area contributed by atoms with E-state index in [1.807, 2.05) is 6.07 Å². The summed E-state index contributed by atoms with van der Waals surface area (Å²) in [6.45, 7) is 3.81. The molecule has 0 atom stereocenters. The van der Waals surface area contributed by atoms with Gasteiger partial charge in [0.1, 0.15) is 17.3 Å². The van der Waals surface area contributed by atoms with Gasteiger partial charge in [0, 0.05) is 31.6 Å². The molecule has 0 aliphatic carbocycles. The lowest BCUT2D eigenvalue weighted by molar-refractivity contribution is 0.0997. The first-order chi connectivity index (χ1) is 10.0. The van der Waals surface area contributed by atoms with Crippen LogP contribution in [0.4, 0.5) is 4.39 Å². The number of carbonyl (C=O) groups is 1. The van der Waals surface area contributed by atoms with Gasteiger partial charge in [0.15, 0.2) is 0 Å². The van der Waals surface area contributed by atoms with Crippen LogP contribution in [0.2, 0.25) is 0 Å². The maximum Gasteiger partial charge on any atom is 0.252 e. The number of furan rings is 1. The van der Waals surface area contributed by atoms with Crippen molar-refractivity contribution in [3.63, 3.8) is 0 Å². The monoisotopic (exact) mass is 288 g/mol. The Morgan fingerprint density at radius 3 is 3.00 bits per heavy atom. The van der Waals surface area contributed by atoms with Gasteiger partial charge >= 0.3 is 0 Å². The lowest BCUT2D eigenvalue weighted by atomic mass is 10.0. The van der Waals surface area contributed by atoms with Crippen LogP contribution in [-0.4, -0.2) is 17.4 Å². The van der Waals surface area contributed by atoms with Gasteiger partial charge in [-0.25, -0.2) is 4.39 Å². The van der Waals surface area contributed by atoms with Gasteiger partial charge in [-0.05, 0) is 24.6 Å². The Hall–Kier alpha value is -2.14. The third-order valence-corrected chi connectivity index (χ3v) is 3.85. The van der Waals surface area contributed by atoms with Gasteiger partial charge in [-0.3, -0.25) is 9.69 Å². The van der Waals surface area contributed by atoms with Gasteiger partial charge in [0.05, 0.1) is 5.56 Å². The van der Waals surface area contributed by atoms with Crippen molar-refractivity contribution in [2.75, 3.05) is 6.54 Å². The minimum Gasteiger partial charge on any atom is -0.465 e. The fourth-order valence-corrected chi connectivity index (χ4v) is 2.93. The molecule has 0 saturated heterocycles. The first-order valence-corrected chi connectivity index (χ1v) is 6.92. The highest BCUT2D eigenvalue weighted by atomic mass is 19.1. The van der Waals surface area contributed by atoms with Crippen LogP contribution < -0.4 is 5.73 Å². The molecule has 0 saturated carbocycles. The molecule has 1 aliphatic rings. The number of halogens is 1. The smallest absolute Gasteiger partial charge is 0.252 e. The highest BCUT2D eigenvalue weighted by Gasteiger charge is 2.27. The van der Waals surface area contributed by atoms with Crippen LogP contribution in [-0.2, 0) is 19.5 Å². The molecule has 0 unspecified atom stereocenters. The van der Waals surface area contributed by atoms with Crippen molar-refractivity contribution in [1.82, 2.24) is 4.90 Å². The maximum absolute atomic E-state index is 13.2. The standard InChI is InChI=1S/C16H17FN2O2/c1-10-15(16(18)20)13-9-19(6-5-14(13)21-10)8-11-3-2-4-12(17)7-11/h2-4,7H,5-6,8-9H2,1H3,(H2,18,20). The molecule has 0 spiro atoms. The molecule has 110 valence electrons. The third-order valence-electron chi connectivity index (χ3n) is 3.85. The topological polar surface area (TPSA) is 59.5 Å². The predicted molar refractivity (Wildman–Crippen MR) is 76.2 cm³/mol. The zero-order chi connectivity index (χ0) is 15.0. The molecule has 0 fully saturated rings. The number of fused-ring (bicyclic) bond motifs is 1. The van der Waals surface area contributed by atoms with Gasteiger partial charge in [-0.15, -0.1) is 0 Å². The van der Waals surface area contributed by atoms with E-state index >= 15 is 0 Å². The van der Waals surface area contributed by atoms with Crippen LogP contribution in [0.1, 0.15) is 33.0 Å². The molecule has 0 bridgehead atoms. The van der Waals surface area contributed by atoms with Crippen molar-refractivity contribution in [3.8, 4) is 0 Å². The Morgan fingerprint density at radius 1 is 1.48 bits per heavy atom. The van der Waals surface area contributed by atoms with Crippen molar-refractivity contribution in [3.05, 3.63) is 58.3 Å². The second-order valence-electron chi connectivity index (χ2n) is 5.39. The number of amides is 1. The fourth-order valence-electron chi connectivity index (χ4n) is 2.93. The van der Waals surface area contributed by atoms with E-state index in [0.717, 1.165) is 29.9 Å². The number of rotatable bonds is 3. The van der Waals surface area contributed by atoms with Gasteiger partial charge in [0.2, 0.25) is 0 Å². The van der Waals surface area contributed by atoms with Gasteiger partial charge < -0.3 is 10.2 Å². The molecule has 3 rings (SSSR count). The summed E-state index contributed by atoms with van der Waals surface area (Å²) in [6, 6.07) is 6.57. The van der Waals surface area contributed by atoms with Crippen LogP contribution in [0.5, 0.6) is 0 Å². The van der Waals surface area contributed by atoms with Crippen molar-refractivity contribution in [2.24, 2.45) is 5.73 Å². The first kappa shape index (κ1) is 13.8. The largest absolute Gasteiger partial charge is 0.465 e. The minimum atomic E-state index is -0.454. The van der Waals surface area contributed by atoms with Crippen LogP contribution >= 0.6 is 0 Å². The number of aryl methyl sites for hydroxylation is 1. The predicted octanol–water partition coefficient (Wildman–Crippen LogP) is 2.38. The summed E-state index contributed by atoms with van der Waals surface area (Å²) >= 11 is 0. The summed E-state index contributed by atoms with van der Waals surface area (Å²) in [5, 5.41) is 0. The fraction of sp³-hybridized carbons (Fsp3) is 0.312.